The highest BCUT2D eigenvalue weighted by atomic mass is 16.8. The predicted octanol–water partition coefficient (Wildman–Crippen LogP) is 5.91. The van der Waals surface area contributed by atoms with Crippen molar-refractivity contribution in [2.75, 3.05) is 27.4 Å². The lowest BCUT2D eigenvalue weighted by molar-refractivity contribution is -0.370. The Morgan fingerprint density at radius 1 is 0.375 bits per heavy atom. The van der Waals surface area contributed by atoms with Crippen molar-refractivity contribution in [2.24, 2.45) is 0 Å². The molecule has 0 aliphatic carbocycles. The minimum Gasteiger partial charge on any atom is -0.368 e. The van der Waals surface area contributed by atoms with Gasteiger partial charge in [-0.15, -0.1) is 0 Å². The molecule has 12 nitrogen and oxygen atoms in total. The second kappa shape index (κ2) is 17.5. The molecule has 4 aromatic carbocycles. The van der Waals surface area contributed by atoms with Gasteiger partial charge in [0.15, 0.2) is 25.2 Å². The number of hydrogen-bond acceptors (Lipinski definition) is 12. The Kier molecular flexibility index (Phi) is 11.9. The fourth-order valence-electron chi connectivity index (χ4n) is 8.19. The highest BCUT2D eigenvalue weighted by Crippen LogP contribution is 2.40. The van der Waals surface area contributed by atoms with Gasteiger partial charge in [0.05, 0.1) is 39.6 Å². The van der Waals surface area contributed by atoms with E-state index in [9.17, 15) is 0 Å². The Morgan fingerprint density at radius 3 is 1.07 bits per heavy atom. The van der Waals surface area contributed by atoms with Crippen LogP contribution in [0.4, 0.5) is 0 Å². The van der Waals surface area contributed by atoms with Crippen LogP contribution in [-0.4, -0.2) is 88.8 Å². The average molecular weight is 769 g/mol. The Balaban J connectivity index is 1.04. The van der Waals surface area contributed by atoms with E-state index >= 15 is 0 Å². The molecule has 12 atom stereocenters. The number of hydrogen-bond donors (Lipinski definition) is 0. The number of ether oxygens (including phenoxy) is 12. The van der Waals surface area contributed by atoms with E-state index in [1.54, 1.807) is 14.2 Å². The fourth-order valence-corrected chi connectivity index (χ4v) is 8.19. The lowest BCUT2D eigenvalue weighted by Crippen LogP contribution is -2.63. The average Bonchev–Trinajstić information content (AvgIpc) is 3.26. The highest BCUT2D eigenvalue weighted by molar-refractivity contribution is 5.27. The Morgan fingerprint density at radius 2 is 0.714 bits per heavy atom. The van der Waals surface area contributed by atoms with Crippen molar-refractivity contribution in [1.82, 2.24) is 0 Å². The molecule has 5 aliphatic heterocycles. The molecule has 4 saturated heterocycles. The summed E-state index contributed by atoms with van der Waals surface area (Å²) in [6, 6.07) is 35.9. The van der Waals surface area contributed by atoms with Gasteiger partial charge in [-0.2, -0.15) is 0 Å². The van der Waals surface area contributed by atoms with Crippen molar-refractivity contribution in [3.63, 3.8) is 0 Å². The van der Waals surface area contributed by atoms with Crippen molar-refractivity contribution < 1.29 is 56.8 Å². The largest absolute Gasteiger partial charge is 0.368 e. The molecule has 296 valence electrons. The third kappa shape index (κ3) is 7.95. The van der Waals surface area contributed by atoms with Gasteiger partial charge < -0.3 is 56.8 Å². The molecule has 5 heterocycles. The predicted molar refractivity (Wildman–Crippen MR) is 199 cm³/mol. The number of rotatable bonds is 4. The monoisotopic (exact) mass is 768 g/mol. The van der Waals surface area contributed by atoms with Gasteiger partial charge in [0.2, 0.25) is 0 Å². The van der Waals surface area contributed by atoms with Crippen molar-refractivity contribution >= 4 is 0 Å². The van der Waals surface area contributed by atoms with Crippen LogP contribution in [0, 0.1) is 0 Å². The van der Waals surface area contributed by atoms with Gasteiger partial charge in [0.25, 0.3) is 0 Å². The normalized spacial score (nSPS) is 35.0. The van der Waals surface area contributed by atoms with E-state index in [4.69, 9.17) is 56.8 Å². The zero-order valence-corrected chi connectivity index (χ0v) is 31.5. The van der Waals surface area contributed by atoms with E-state index in [1.807, 2.05) is 109 Å². The van der Waals surface area contributed by atoms with Gasteiger partial charge in [0.1, 0.15) is 48.8 Å². The van der Waals surface area contributed by atoms with Gasteiger partial charge in [-0.25, -0.2) is 0 Å². The summed E-state index contributed by atoms with van der Waals surface area (Å²) >= 11 is 0. The zero-order valence-electron chi connectivity index (χ0n) is 31.5. The van der Waals surface area contributed by atoms with Gasteiger partial charge in [-0.3, -0.25) is 0 Å². The first-order valence-electron chi connectivity index (χ1n) is 19.3. The molecule has 0 spiro atoms. The number of fused-ring (bicyclic) bond motifs is 8. The number of methoxy groups -OCH3 is 2. The highest BCUT2D eigenvalue weighted by Gasteiger charge is 2.53. The van der Waals surface area contributed by atoms with Gasteiger partial charge in [0, 0.05) is 25.3 Å². The Bertz CT molecular complexity index is 1730. The van der Waals surface area contributed by atoms with Crippen LogP contribution in [0.15, 0.2) is 109 Å². The van der Waals surface area contributed by atoms with Crippen LogP contribution in [0.2, 0.25) is 0 Å². The Hall–Kier alpha value is -3.60. The van der Waals surface area contributed by atoms with Crippen molar-refractivity contribution in [1.29, 1.82) is 0 Å². The SMILES string of the molecule is CO[C@H]1O[C@@H]2COC(c3ccccc3)O[C@@H]2[C@@H]2OCc3ccccc3CO[C@H]3[C@@H](OC)O[C@@H]4COC(c5ccccc5)O[C@@H]4[C@@H]3OCc3ccccc3CO[C@@H]12. The number of benzene rings is 4. The molecule has 0 N–H and O–H groups in total. The van der Waals surface area contributed by atoms with Crippen LogP contribution in [0.1, 0.15) is 46.0 Å². The van der Waals surface area contributed by atoms with Crippen LogP contribution in [0.5, 0.6) is 0 Å². The lowest BCUT2D eigenvalue weighted by Gasteiger charge is -2.49. The molecule has 0 aromatic heterocycles. The molecule has 56 heavy (non-hydrogen) atoms. The quantitative estimate of drug-likeness (QED) is 0.246. The van der Waals surface area contributed by atoms with E-state index in [0.29, 0.717) is 13.2 Å². The summed E-state index contributed by atoms with van der Waals surface area (Å²) in [5.74, 6) is 0. The topological polar surface area (TPSA) is 111 Å². The molecule has 12 heteroatoms. The van der Waals surface area contributed by atoms with E-state index in [2.05, 4.69) is 0 Å². The van der Waals surface area contributed by atoms with E-state index in [0.717, 1.165) is 33.4 Å². The molecule has 5 aliphatic rings. The first-order valence-corrected chi connectivity index (χ1v) is 19.3. The molecule has 0 bridgehead atoms. The summed E-state index contributed by atoms with van der Waals surface area (Å²) in [4.78, 5) is 0. The standard InChI is InChI=1S/C44H48O12/c1-45-43-39-37(35-33(53-43)25-51-41(55-35)27-13-5-3-6-14-27)47-21-29-17-10-12-20-32(29)24-50-40-38(48-22-30-18-9-11-19-31(30)23-49-39)36-34(54-44(40)46-2)26-52-42(56-36)28-15-7-4-8-16-28/h3-20,33-44H,21-26H2,1-2H3/t33-,34-,35+,36+,37+,38+,39-,40-,41?,42?,43+,44+/m1/s1. The second-order valence-corrected chi connectivity index (χ2v) is 14.6. The fraction of sp³-hybridized carbons (Fsp3) is 0.455. The molecule has 2 unspecified atom stereocenters. The van der Waals surface area contributed by atoms with Crippen LogP contribution in [-0.2, 0) is 83.3 Å². The summed E-state index contributed by atoms with van der Waals surface area (Å²) in [5, 5.41) is 0. The minimum absolute atomic E-state index is 0.237. The van der Waals surface area contributed by atoms with Gasteiger partial charge in [-0.1, -0.05) is 109 Å². The summed E-state index contributed by atoms with van der Waals surface area (Å²) in [6.07, 6.45) is -7.01. The molecule has 0 radical (unpaired) electrons. The summed E-state index contributed by atoms with van der Waals surface area (Å²) < 4.78 is 77.8. The Labute approximate surface area is 326 Å². The molecule has 0 amide bonds. The van der Waals surface area contributed by atoms with Crippen LogP contribution in [0.3, 0.4) is 0 Å². The maximum Gasteiger partial charge on any atom is 0.186 e. The van der Waals surface area contributed by atoms with E-state index in [1.165, 1.54) is 0 Å². The molecular weight excluding hydrogens is 720 g/mol. The van der Waals surface area contributed by atoms with E-state index < -0.39 is 74.0 Å². The van der Waals surface area contributed by atoms with Crippen LogP contribution in [0.25, 0.3) is 0 Å². The second-order valence-electron chi connectivity index (χ2n) is 14.6. The van der Waals surface area contributed by atoms with Crippen molar-refractivity contribution in [3.05, 3.63) is 143 Å². The smallest absolute Gasteiger partial charge is 0.186 e. The first-order chi connectivity index (χ1) is 27.7. The third-order valence-electron chi connectivity index (χ3n) is 11.1. The summed E-state index contributed by atoms with van der Waals surface area (Å²) in [5.41, 5.74) is 5.59. The maximum atomic E-state index is 6.89. The summed E-state index contributed by atoms with van der Waals surface area (Å²) in [6.45, 7) is 1.58. The first kappa shape index (κ1) is 37.9. The minimum atomic E-state index is -0.739. The third-order valence-corrected chi connectivity index (χ3v) is 11.1. The van der Waals surface area contributed by atoms with E-state index in [-0.39, 0.29) is 26.4 Å². The van der Waals surface area contributed by atoms with Crippen LogP contribution < -0.4 is 0 Å². The molecule has 9 rings (SSSR count). The molecule has 4 aromatic rings. The molecule has 4 fully saturated rings. The maximum absolute atomic E-state index is 6.89. The molecule has 0 saturated carbocycles. The van der Waals surface area contributed by atoms with Gasteiger partial charge in [-0.05, 0) is 22.3 Å². The van der Waals surface area contributed by atoms with Crippen molar-refractivity contribution in [3.8, 4) is 0 Å². The molecular formula is C44H48O12. The van der Waals surface area contributed by atoms with Crippen molar-refractivity contribution in [2.45, 2.75) is 100 Å². The van der Waals surface area contributed by atoms with Crippen LogP contribution >= 0.6 is 0 Å². The summed E-state index contributed by atoms with van der Waals surface area (Å²) in [7, 11) is 3.23. The lowest BCUT2D eigenvalue weighted by atomic mass is 9.96. The zero-order chi connectivity index (χ0) is 37.8. The van der Waals surface area contributed by atoms with Gasteiger partial charge >= 0.3 is 0 Å².